The van der Waals surface area contributed by atoms with E-state index in [2.05, 4.69) is 10.1 Å². The number of para-hydroxylation sites is 1. The highest BCUT2D eigenvalue weighted by molar-refractivity contribution is 6.31. The molecule has 0 fully saturated rings. The van der Waals surface area contributed by atoms with Crippen LogP contribution in [0.25, 0.3) is 0 Å². The molecule has 3 aromatic rings. The molecule has 3 aromatic carbocycles. The maximum atomic E-state index is 13.2. The van der Waals surface area contributed by atoms with Crippen LogP contribution in [0.4, 0.5) is 4.39 Å². The predicted octanol–water partition coefficient (Wildman–Crippen LogP) is 4.91. The van der Waals surface area contributed by atoms with Crippen LogP contribution in [-0.2, 0) is 11.4 Å². The maximum Gasteiger partial charge on any atom is 0.145 e. The van der Waals surface area contributed by atoms with Crippen LogP contribution in [0.1, 0.15) is 17.5 Å². The lowest BCUT2D eigenvalue weighted by atomic mass is 10.0. The highest BCUT2D eigenvalue weighted by Gasteiger charge is 2.26. The average Bonchev–Trinajstić information content (AvgIpc) is 3.29. The molecular formula is C26H26ClFN2O3. The van der Waals surface area contributed by atoms with Crippen LogP contribution in [0, 0.1) is 5.82 Å². The van der Waals surface area contributed by atoms with E-state index in [4.69, 9.17) is 21.2 Å². The normalized spacial score (nSPS) is 16.4. The van der Waals surface area contributed by atoms with Crippen LogP contribution in [0.5, 0.6) is 5.75 Å². The molecule has 0 unspecified atom stereocenters. The van der Waals surface area contributed by atoms with Gasteiger partial charge in [0, 0.05) is 31.1 Å². The zero-order chi connectivity index (χ0) is 23.0. The first kappa shape index (κ1) is 23.2. The van der Waals surface area contributed by atoms with Crippen molar-refractivity contribution < 1.29 is 19.1 Å². The van der Waals surface area contributed by atoms with Gasteiger partial charge in [0.25, 0.3) is 0 Å². The molecule has 1 heterocycles. The summed E-state index contributed by atoms with van der Waals surface area (Å²) in [7, 11) is 0. The van der Waals surface area contributed by atoms with Gasteiger partial charge in [0.2, 0.25) is 0 Å². The van der Waals surface area contributed by atoms with Crippen molar-refractivity contribution in [2.24, 2.45) is 5.16 Å². The molecule has 0 saturated carbocycles. The number of benzene rings is 3. The number of ether oxygens (including phenoxy) is 1. The summed E-state index contributed by atoms with van der Waals surface area (Å²) >= 11 is 6.38. The lowest BCUT2D eigenvalue weighted by Crippen LogP contribution is -2.39. The smallest absolute Gasteiger partial charge is 0.145 e. The van der Waals surface area contributed by atoms with Crippen molar-refractivity contribution in [1.82, 2.24) is 4.90 Å². The van der Waals surface area contributed by atoms with Gasteiger partial charge in [0.05, 0.1) is 5.71 Å². The van der Waals surface area contributed by atoms with Gasteiger partial charge in [-0.3, -0.25) is 4.90 Å². The van der Waals surface area contributed by atoms with Crippen molar-refractivity contribution in [2.45, 2.75) is 25.2 Å². The molecule has 0 aromatic heterocycles. The molecule has 0 saturated heterocycles. The van der Waals surface area contributed by atoms with Gasteiger partial charge < -0.3 is 14.7 Å². The Morgan fingerprint density at radius 1 is 1.06 bits per heavy atom. The van der Waals surface area contributed by atoms with Crippen molar-refractivity contribution in [2.75, 3.05) is 19.7 Å². The molecular weight excluding hydrogens is 443 g/mol. The summed E-state index contributed by atoms with van der Waals surface area (Å²) in [6.45, 7) is 1.64. The Labute approximate surface area is 198 Å². The predicted molar refractivity (Wildman–Crippen MR) is 127 cm³/mol. The van der Waals surface area contributed by atoms with Gasteiger partial charge in [-0.05, 0) is 41.5 Å². The topological polar surface area (TPSA) is 54.3 Å². The molecule has 0 aliphatic carbocycles. The largest absolute Gasteiger partial charge is 0.491 e. The highest BCUT2D eigenvalue weighted by atomic mass is 35.5. The molecule has 0 spiro atoms. The third kappa shape index (κ3) is 6.78. The number of nitrogens with zero attached hydrogens (tertiary/aromatic N) is 2. The molecule has 7 heteroatoms. The first-order chi connectivity index (χ1) is 16.1. The Morgan fingerprint density at radius 3 is 2.55 bits per heavy atom. The molecule has 1 aliphatic rings. The molecule has 0 bridgehead atoms. The number of oxime groups is 1. The first-order valence-corrected chi connectivity index (χ1v) is 11.2. The summed E-state index contributed by atoms with van der Waals surface area (Å²) in [6.07, 6.45) is -0.289. The summed E-state index contributed by atoms with van der Waals surface area (Å²) in [5.41, 5.74) is 2.59. The molecule has 1 aliphatic heterocycles. The number of hydrogen-bond donors (Lipinski definition) is 1. The van der Waals surface area contributed by atoms with E-state index >= 15 is 0 Å². The quantitative estimate of drug-likeness (QED) is 0.459. The Morgan fingerprint density at radius 2 is 1.79 bits per heavy atom. The van der Waals surface area contributed by atoms with Crippen molar-refractivity contribution in [3.63, 3.8) is 0 Å². The third-order valence-corrected chi connectivity index (χ3v) is 5.75. The van der Waals surface area contributed by atoms with Crippen molar-refractivity contribution in [1.29, 1.82) is 0 Å². The van der Waals surface area contributed by atoms with Gasteiger partial charge in [-0.2, -0.15) is 0 Å². The van der Waals surface area contributed by atoms with E-state index in [1.54, 1.807) is 12.1 Å². The second-order valence-electron chi connectivity index (χ2n) is 8.04. The SMILES string of the molecule is O[C@@H](COc1ccccc1)CN(Cc1ccccc1Cl)C[C@@H]1CC(c2ccc(F)cc2)=NO1. The van der Waals surface area contributed by atoms with Crippen LogP contribution in [0.15, 0.2) is 84.0 Å². The van der Waals surface area contributed by atoms with E-state index in [0.717, 1.165) is 16.8 Å². The number of aliphatic hydroxyl groups excluding tert-OH is 1. The number of aliphatic hydroxyl groups is 1. The Bertz CT molecular complexity index is 1060. The zero-order valence-corrected chi connectivity index (χ0v) is 18.9. The van der Waals surface area contributed by atoms with Gasteiger partial charge in [-0.1, -0.05) is 65.3 Å². The molecule has 4 rings (SSSR count). The molecule has 1 N–H and O–H groups in total. The van der Waals surface area contributed by atoms with Gasteiger partial charge in [-0.15, -0.1) is 0 Å². The molecule has 2 atom stereocenters. The average molecular weight is 469 g/mol. The minimum Gasteiger partial charge on any atom is -0.491 e. The lowest BCUT2D eigenvalue weighted by molar-refractivity contribution is 0.0213. The minimum atomic E-state index is -0.702. The first-order valence-electron chi connectivity index (χ1n) is 10.9. The maximum absolute atomic E-state index is 13.2. The lowest BCUT2D eigenvalue weighted by Gasteiger charge is -2.27. The third-order valence-electron chi connectivity index (χ3n) is 5.38. The summed E-state index contributed by atoms with van der Waals surface area (Å²) in [5, 5.41) is 15.5. The summed E-state index contributed by atoms with van der Waals surface area (Å²) in [6, 6.07) is 23.3. The van der Waals surface area contributed by atoms with Crippen molar-refractivity contribution >= 4 is 17.3 Å². The zero-order valence-electron chi connectivity index (χ0n) is 18.1. The number of hydrogen-bond acceptors (Lipinski definition) is 5. The van der Waals surface area contributed by atoms with Crippen LogP contribution in [-0.4, -0.2) is 47.6 Å². The number of halogens is 2. The van der Waals surface area contributed by atoms with Crippen LogP contribution < -0.4 is 4.74 Å². The second kappa shape index (κ2) is 11.3. The van der Waals surface area contributed by atoms with Gasteiger partial charge in [0.1, 0.15) is 30.4 Å². The van der Waals surface area contributed by atoms with Crippen LogP contribution in [0.2, 0.25) is 5.02 Å². The van der Waals surface area contributed by atoms with E-state index in [-0.39, 0.29) is 18.5 Å². The molecule has 0 amide bonds. The van der Waals surface area contributed by atoms with E-state index in [0.29, 0.717) is 36.8 Å². The molecule has 33 heavy (non-hydrogen) atoms. The van der Waals surface area contributed by atoms with E-state index in [9.17, 15) is 9.50 Å². The molecule has 5 nitrogen and oxygen atoms in total. The summed E-state index contributed by atoms with van der Waals surface area (Å²) < 4.78 is 18.9. The molecule has 0 radical (unpaired) electrons. The van der Waals surface area contributed by atoms with Crippen LogP contribution >= 0.6 is 11.6 Å². The van der Waals surface area contributed by atoms with Gasteiger partial charge in [0.15, 0.2) is 0 Å². The van der Waals surface area contributed by atoms with E-state index < -0.39 is 6.10 Å². The standard InChI is InChI=1S/C26H26ClFN2O3/c27-25-9-5-4-6-20(25)15-30(16-22(31)18-32-23-7-2-1-3-8-23)17-24-14-26(29-33-24)19-10-12-21(28)13-11-19/h1-13,22,24,31H,14-18H2/t22-,24+/m1/s1. The van der Waals surface area contributed by atoms with Crippen molar-refractivity contribution in [3.8, 4) is 5.75 Å². The summed E-state index contributed by atoms with van der Waals surface area (Å²) in [5.74, 6) is 0.429. The Hall–Kier alpha value is -2.93. The van der Waals surface area contributed by atoms with E-state index in [1.165, 1.54) is 12.1 Å². The highest BCUT2D eigenvalue weighted by Crippen LogP contribution is 2.21. The van der Waals surface area contributed by atoms with Crippen molar-refractivity contribution in [3.05, 3.63) is 101 Å². The Kier molecular flexibility index (Phi) is 7.94. The van der Waals surface area contributed by atoms with Gasteiger partial charge >= 0.3 is 0 Å². The fraction of sp³-hybridized carbons (Fsp3) is 0.269. The van der Waals surface area contributed by atoms with E-state index in [1.807, 2.05) is 54.6 Å². The van der Waals surface area contributed by atoms with Crippen LogP contribution in [0.3, 0.4) is 0 Å². The van der Waals surface area contributed by atoms with Gasteiger partial charge in [-0.25, -0.2) is 4.39 Å². The fourth-order valence-corrected chi connectivity index (χ4v) is 3.95. The fourth-order valence-electron chi connectivity index (χ4n) is 3.76. The molecule has 172 valence electrons. The monoisotopic (exact) mass is 468 g/mol. The Balaban J connectivity index is 1.38. The minimum absolute atomic E-state index is 0.173. The second-order valence-corrected chi connectivity index (χ2v) is 8.45. The summed E-state index contributed by atoms with van der Waals surface area (Å²) in [4.78, 5) is 7.76. The number of rotatable bonds is 10.